The number of hydrogen-bond donors (Lipinski definition) is 1. The first-order valence-corrected chi connectivity index (χ1v) is 9.44. The van der Waals surface area contributed by atoms with E-state index in [4.69, 9.17) is 4.74 Å². The summed E-state index contributed by atoms with van der Waals surface area (Å²) in [6.07, 6.45) is 0. The number of aryl methyl sites for hydroxylation is 2. The lowest BCUT2D eigenvalue weighted by Gasteiger charge is -2.10. The number of benzene rings is 2. The first-order chi connectivity index (χ1) is 13.0. The molecule has 2 aromatic carbocycles. The lowest BCUT2D eigenvalue weighted by atomic mass is 10.1. The molecule has 1 amide bonds. The molecule has 0 aliphatic carbocycles. The third-order valence-corrected chi connectivity index (χ3v) is 5.09. The average Bonchev–Trinajstić information content (AvgIpc) is 2.67. The lowest BCUT2D eigenvalue weighted by Crippen LogP contribution is -2.15. The van der Waals surface area contributed by atoms with Crippen molar-refractivity contribution in [1.29, 1.82) is 0 Å². The molecule has 27 heavy (non-hydrogen) atoms. The highest BCUT2D eigenvalue weighted by atomic mass is 32.2. The van der Waals surface area contributed by atoms with Gasteiger partial charge in [-0.2, -0.15) is 0 Å². The SMILES string of the molecule is COC(=O)c1ccc(C)c(NC(=O)CSc2cc(C)c3ccccc3n2)c1. The van der Waals surface area contributed by atoms with Gasteiger partial charge in [-0.15, -0.1) is 0 Å². The molecule has 0 spiro atoms. The molecular formula is C21H20N2O3S. The topological polar surface area (TPSA) is 68.3 Å². The first-order valence-electron chi connectivity index (χ1n) is 8.46. The van der Waals surface area contributed by atoms with Crippen LogP contribution in [0.1, 0.15) is 21.5 Å². The van der Waals surface area contributed by atoms with E-state index in [1.165, 1.54) is 18.9 Å². The van der Waals surface area contributed by atoms with Crippen molar-refractivity contribution in [1.82, 2.24) is 4.98 Å². The number of methoxy groups -OCH3 is 1. The van der Waals surface area contributed by atoms with E-state index in [-0.39, 0.29) is 11.7 Å². The number of amides is 1. The number of rotatable bonds is 5. The molecule has 5 nitrogen and oxygen atoms in total. The van der Waals surface area contributed by atoms with Crippen molar-refractivity contribution < 1.29 is 14.3 Å². The van der Waals surface area contributed by atoms with Crippen molar-refractivity contribution >= 4 is 40.2 Å². The van der Waals surface area contributed by atoms with Gasteiger partial charge in [-0.3, -0.25) is 4.79 Å². The fraction of sp³-hybridized carbons (Fsp3) is 0.190. The second-order valence-corrected chi connectivity index (χ2v) is 7.15. The van der Waals surface area contributed by atoms with Crippen molar-refractivity contribution in [2.24, 2.45) is 0 Å². The van der Waals surface area contributed by atoms with Crippen LogP contribution < -0.4 is 5.32 Å². The van der Waals surface area contributed by atoms with Gasteiger partial charge in [0.15, 0.2) is 0 Å². The summed E-state index contributed by atoms with van der Waals surface area (Å²) in [7, 11) is 1.33. The number of pyridine rings is 1. The molecule has 0 aliphatic rings. The summed E-state index contributed by atoms with van der Waals surface area (Å²) in [6.45, 7) is 3.91. The molecule has 1 heterocycles. The second-order valence-electron chi connectivity index (χ2n) is 6.15. The zero-order chi connectivity index (χ0) is 19.4. The van der Waals surface area contributed by atoms with Crippen LogP contribution in [-0.2, 0) is 9.53 Å². The minimum Gasteiger partial charge on any atom is -0.465 e. The van der Waals surface area contributed by atoms with E-state index in [0.717, 1.165) is 27.1 Å². The van der Waals surface area contributed by atoms with E-state index >= 15 is 0 Å². The summed E-state index contributed by atoms with van der Waals surface area (Å²) in [4.78, 5) is 28.6. The largest absolute Gasteiger partial charge is 0.465 e. The van der Waals surface area contributed by atoms with Crippen LogP contribution in [0.25, 0.3) is 10.9 Å². The van der Waals surface area contributed by atoms with Crippen molar-refractivity contribution in [3.63, 3.8) is 0 Å². The fourth-order valence-corrected chi connectivity index (χ4v) is 3.49. The van der Waals surface area contributed by atoms with Crippen molar-refractivity contribution in [3.05, 3.63) is 65.2 Å². The molecule has 0 radical (unpaired) electrons. The third kappa shape index (κ3) is 4.46. The summed E-state index contributed by atoms with van der Waals surface area (Å²) >= 11 is 1.38. The Kier molecular flexibility index (Phi) is 5.76. The minimum absolute atomic E-state index is 0.155. The molecule has 3 rings (SSSR count). The van der Waals surface area contributed by atoms with Crippen LogP contribution in [0.3, 0.4) is 0 Å². The average molecular weight is 380 g/mol. The number of esters is 1. The maximum atomic E-state index is 12.4. The van der Waals surface area contributed by atoms with E-state index in [2.05, 4.69) is 10.3 Å². The van der Waals surface area contributed by atoms with E-state index in [1.807, 2.05) is 44.2 Å². The second kappa shape index (κ2) is 8.22. The van der Waals surface area contributed by atoms with Crippen LogP contribution in [0.4, 0.5) is 5.69 Å². The van der Waals surface area contributed by atoms with Crippen LogP contribution in [0, 0.1) is 13.8 Å². The van der Waals surface area contributed by atoms with Gasteiger partial charge in [0.25, 0.3) is 0 Å². The quantitative estimate of drug-likeness (QED) is 0.526. The number of para-hydroxylation sites is 1. The Hall–Kier alpha value is -2.86. The van der Waals surface area contributed by atoms with E-state index in [9.17, 15) is 9.59 Å². The summed E-state index contributed by atoms with van der Waals surface area (Å²) in [5, 5.41) is 4.78. The first kappa shape index (κ1) is 18.9. The van der Waals surface area contributed by atoms with Gasteiger partial charge in [0.1, 0.15) is 0 Å². The Bertz CT molecular complexity index is 1020. The number of hydrogen-bond acceptors (Lipinski definition) is 5. The number of fused-ring (bicyclic) bond motifs is 1. The van der Waals surface area contributed by atoms with Crippen molar-refractivity contribution in [2.75, 3.05) is 18.2 Å². The number of nitrogens with one attached hydrogen (secondary N) is 1. The van der Waals surface area contributed by atoms with E-state index < -0.39 is 5.97 Å². The predicted molar refractivity (Wildman–Crippen MR) is 108 cm³/mol. The molecule has 0 bridgehead atoms. The highest BCUT2D eigenvalue weighted by Gasteiger charge is 2.11. The van der Waals surface area contributed by atoms with Gasteiger partial charge in [0.2, 0.25) is 5.91 Å². The van der Waals surface area contributed by atoms with Crippen molar-refractivity contribution in [3.8, 4) is 0 Å². The smallest absolute Gasteiger partial charge is 0.337 e. The summed E-state index contributed by atoms with van der Waals surface area (Å²) < 4.78 is 4.72. The summed E-state index contributed by atoms with van der Waals surface area (Å²) in [5.74, 6) is -0.361. The molecule has 0 saturated heterocycles. The molecule has 0 aliphatic heterocycles. The Balaban J connectivity index is 1.69. The molecule has 138 valence electrons. The fourth-order valence-electron chi connectivity index (χ4n) is 2.72. The van der Waals surface area contributed by atoms with Gasteiger partial charge in [-0.1, -0.05) is 36.0 Å². The van der Waals surface area contributed by atoms with E-state index in [1.54, 1.807) is 18.2 Å². The number of carbonyl (C=O) groups is 2. The number of aromatic nitrogens is 1. The van der Waals surface area contributed by atoms with E-state index in [0.29, 0.717) is 11.3 Å². The van der Waals surface area contributed by atoms with Gasteiger partial charge >= 0.3 is 5.97 Å². The van der Waals surface area contributed by atoms with Crippen LogP contribution in [0.15, 0.2) is 53.6 Å². The molecule has 6 heteroatoms. The zero-order valence-corrected chi connectivity index (χ0v) is 16.2. The highest BCUT2D eigenvalue weighted by Crippen LogP contribution is 2.24. The number of anilines is 1. The molecule has 1 N–H and O–H groups in total. The zero-order valence-electron chi connectivity index (χ0n) is 15.4. The number of nitrogens with zero attached hydrogens (tertiary/aromatic N) is 1. The standard InChI is InChI=1S/C21H20N2O3S/c1-13-8-9-15(21(25)26-3)11-18(13)22-19(24)12-27-20-10-14(2)16-6-4-5-7-17(16)23-20/h4-11H,12H2,1-3H3,(H,22,24). The summed E-state index contributed by atoms with van der Waals surface area (Å²) in [5.41, 5.74) is 3.93. The van der Waals surface area contributed by atoms with Crippen LogP contribution >= 0.6 is 11.8 Å². The van der Waals surface area contributed by atoms with Gasteiger partial charge in [0, 0.05) is 11.1 Å². The minimum atomic E-state index is -0.435. The van der Waals surface area contributed by atoms with Crippen LogP contribution in [-0.4, -0.2) is 29.7 Å². The Morgan fingerprint density at radius 3 is 2.63 bits per heavy atom. The van der Waals surface area contributed by atoms with Crippen LogP contribution in [0.2, 0.25) is 0 Å². The maximum Gasteiger partial charge on any atom is 0.337 e. The number of ether oxygens (including phenoxy) is 1. The monoisotopic (exact) mass is 380 g/mol. The Morgan fingerprint density at radius 2 is 1.85 bits per heavy atom. The number of thioether (sulfide) groups is 1. The van der Waals surface area contributed by atoms with Gasteiger partial charge < -0.3 is 10.1 Å². The maximum absolute atomic E-state index is 12.4. The normalized spacial score (nSPS) is 10.6. The lowest BCUT2D eigenvalue weighted by molar-refractivity contribution is -0.113. The molecule has 3 aromatic rings. The molecular weight excluding hydrogens is 360 g/mol. The van der Waals surface area contributed by atoms with Crippen LogP contribution in [0.5, 0.6) is 0 Å². The van der Waals surface area contributed by atoms with Gasteiger partial charge in [-0.05, 0) is 49.2 Å². The summed E-state index contributed by atoms with van der Waals surface area (Å²) in [6, 6.07) is 15.0. The number of carbonyl (C=O) groups excluding carboxylic acids is 2. The Morgan fingerprint density at radius 1 is 1.07 bits per heavy atom. The van der Waals surface area contributed by atoms with Gasteiger partial charge in [0.05, 0.1) is 29.0 Å². The molecule has 0 fully saturated rings. The molecule has 0 saturated carbocycles. The predicted octanol–water partition coefficient (Wildman–Crippen LogP) is 4.37. The highest BCUT2D eigenvalue weighted by molar-refractivity contribution is 7.99. The van der Waals surface area contributed by atoms with Gasteiger partial charge in [-0.25, -0.2) is 9.78 Å². The third-order valence-electron chi connectivity index (χ3n) is 4.18. The van der Waals surface area contributed by atoms with Crippen molar-refractivity contribution in [2.45, 2.75) is 18.9 Å². The molecule has 0 atom stereocenters. The molecule has 0 unspecified atom stereocenters. The molecule has 1 aromatic heterocycles. The Labute approximate surface area is 162 Å².